The van der Waals surface area contributed by atoms with Crippen molar-refractivity contribution in [1.82, 2.24) is 9.97 Å². The number of nitrogens with zero attached hydrogens (tertiary/aromatic N) is 3. The number of rotatable bonds is 7. The molecule has 126 valence electrons. The minimum Gasteiger partial charge on any atom is -0.457 e. The van der Waals surface area contributed by atoms with Gasteiger partial charge in [-0.3, -0.25) is 0 Å². The first-order chi connectivity index (χ1) is 11.5. The second kappa shape index (κ2) is 7.90. The number of ether oxygens (including phenoxy) is 1. The van der Waals surface area contributed by atoms with Gasteiger partial charge in [0.15, 0.2) is 0 Å². The maximum Gasteiger partial charge on any atom is 0.318 e. The summed E-state index contributed by atoms with van der Waals surface area (Å²) in [4.78, 5) is 7.62. The molecule has 0 aliphatic carbocycles. The van der Waals surface area contributed by atoms with Crippen molar-refractivity contribution < 1.29 is 17.9 Å². The molecule has 1 aromatic heterocycles. The summed E-state index contributed by atoms with van der Waals surface area (Å²) in [5.74, 6) is -0.774. The lowest BCUT2D eigenvalue weighted by molar-refractivity contribution is 0.146. The van der Waals surface area contributed by atoms with Crippen LogP contribution >= 0.6 is 0 Å². The fourth-order valence-corrected chi connectivity index (χ4v) is 1.64. The zero-order valence-electron chi connectivity index (χ0n) is 12.2. The monoisotopic (exact) mass is 338 g/mol. The van der Waals surface area contributed by atoms with Crippen molar-refractivity contribution in [1.29, 1.82) is 5.53 Å². The molecule has 2 aromatic rings. The smallest absolute Gasteiger partial charge is 0.318 e. The van der Waals surface area contributed by atoms with E-state index in [4.69, 9.17) is 16.0 Å². The predicted octanol–water partition coefficient (Wildman–Crippen LogP) is 3.50. The first-order valence-electron chi connectivity index (χ1n) is 6.61. The molecule has 0 saturated heterocycles. The molecule has 0 atom stereocenters. The third kappa shape index (κ3) is 4.66. The Hall–Kier alpha value is -3.17. The van der Waals surface area contributed by atoms with Crippen molar-refractivity contribution in [2.24, 2.45) is 5.11 Å². The highest BCUT2D eigenvalue weighted by Gasteiger charge is 2.13. The van der Waals surface area contributed by atoms with Crippen LogP contribution in [0.15, 0.2) is 47.5 Å². The number of alkyl halides is 2. The summed E-state index contributed by atoms with van der Waals surface area (Å²) in [6.45, 7) is -0.150. The van der Waals surface area contributed by atoms with E-state index < -0.39 is 17.8 Å². The van der Waals surface area contributed by atoms with Gasteiger partial charge in [0, 0.05) is 18.1 Å². The molecule has 0 saturated carbocycles. The summed E-state index contributed by atoms with van der Waals surface area (Å²) in [6, 6.07) is 4.66. The van der Waals surface area contributed by atoms with Crippen LogP contribution in [0.4, 0.5) is 24.7 Å². The van der Waals surface area contributed by atoms with Crippen LogP contribution in [0.5, 0.6) is 6.01 Å². The van der Waals surface area contributed by atoms with Crippen LogP contribution < -0.4 is 15.8 Å². The molecule has 0 aliphatic rings. The van der Waals surface area contributed by atoms with Gasteiger partial charge in [-0.05, 0) is 24.3 Å². The summed E-state index contributed by atoms with van der Waals surface area (Å²) in [5, 5.41) is 5.87. The molecule has 24 heavy (non-hydrogen) atoms. The molecule has 7 nitrogen and oxygen atoms in total. The van der Waals surface area contributed by atoms with Crippen molar-refractivity contribution in [3.8, 4) is 6.01 Å². The normalized spacial score (nSPS) is 11.4. The van der Waals surface area contributed by atoms with E-state index in [0.29, 0.717) is 0 Å². The standard InChI is InChI=1S/C14H13F3N6O/c15-11-2-1-8(5-10(11)13(16)17)21-6-9(23-19)7-24-14-20-4-3-12(18)22-14/h1-6,13,19,21H,7H2,(H2,18,20,22)/b9-6-,23-19?. The minimum atomic E-state index is -2.93. The van der Waals surface area contributed by atoms with Crippen molar-refractivity contribution in [3.05, 3.63) is 53.7 Å². The molecule has 4 N–H and O–H groups in total. The molecule has 0 unspecified atom stereocenters. The lowest BCUT2D eigenvalue weighted by atomic mass is 10.2. The van der Waals surface area contributed by atoms with Crippen LogP contribution in [0.1, 0.15) is 12.0 Å². The molecule has 0 fully saturated rings. The minimum absolute atomic E-state index is 0.00585. The van der Waals surface area contributed by atoms with Crippen LogP contribution in [0, 0.1) is 11.3 Å². The zero-order chi connectivity index (χ0) is 17.5. The largest absolute Gasteiger partial charge is 0.457 e. The van der Waals surface area contributed by atoms with Gasteiger partial charge in [-0.25, -0.2) is 23.7 Å². The average molecular weight is 338 g/mol. The molecule has 0 radical (unpaired) electrons. The number of hydrogen-bond acceptors (Lipinski definition) is 7. The topological polar surface area (TPSA) is 109 Å². The summed E-state index contributed by atoms with van der Waals surface area (Å²) in [6.07, 6.45) is -0.261. The van der Waals surface area contributed by atoms with Gasteiger partial charge in [0.25, 0.3) is 6.43 Å². The van der Waals surface area contributed by atoms with E-state index in [-0.39, 0.29) is 29.8 Å². The van der Waals surface area contributed by atoms with Gasteiger partial charge < -0.3 is 15.8 Å². The van der Waals surface area contributed by atoms with E-state index in [0.717, 1.165) is 12.1 Å². The van der Waals surface area contributed by atoms with Crippen LogP contribution in [-0.4, -0.2) is 16.6 Å². The molecule has 0 spiro atoms. The average Bonchev–Trinajstić information content (AvgIpc) is 2.56. The van der Waals surface area contributed by atoms with Gasteiger partial charge in [-0.1, -0.05) is 0 Å². The zero-order valence-corrected chi connectivity index (χ0v) is 12.2. The predicted molar refractivity (Wildman–Crippen MR) is 80.1 cm³/mol. The SMILES string of the molecule is N=N/C(=C\Nc1ccc(F)c(C(F)F)c1)COc1nccc(N)n1. The number of hydrogen-bond donors (Lipinski definition) is 3. The van der Waals surface area contributed by atoms with Crippen LogP contribution in [0.25, 0.3) is 0 Å². The number of halogens is 3. The molecule has 0 aliphatic heterocycles. The Bertz CT molecular complexity index is 753. The van der Waals surface area contributed by atoms with Crippen molar-refractivity contribution >= 4 is 11.5 Å². The number of anilines is 2. The Labute approximate surface area is 134 Å². The lowest BCUT2D eigenvalue weighted by Gasteiger charge is -2.07. The fraction of sp³-hybridized carbons (Fsp3) is 0.143. The van der Waals surface area contributed by atoms with Crippen LogP contribution in [0.3, 0.4) is 0 Å². The fourth-order valence-electron chi connectivity index (χ4n) is 1.64. The molecule has 10 heteroatoms. The van der Waals surface area contributed by atoms with Crippen molar-refractivity contribution in [2.45, 2.75) is 6.43 Å². The van der Waals surface area contributed by atoms with Crippen LogP contribution in [-0.2, 0) is 0 Å². The summed E-state index contributed by atoms with van der Waals surface area (Å²) >= 11 is 0. The Morgan fingerprint density at radius 2 is 2.21 bits per heavy atom. The second-order valence-corrected chi connectivity index (χ2v) is 4.48. The Morgan fingerprint density at radius 1 is 1.42 bits per heavy atom. The van der Waals surface area contributed by atoms with Gasteiger partial charge in [0.2, 0.25) is 0 Å². The van der Waals surface area contributed by atoms with E-state index in [1.165, 1.54) is 24.5 Å². The van der Waals surface area contributed by atoms with Gasteiger partial charge in [-0.2, -0.15) is 10.1 Å². The molecular weight excluding hydrogens is 325 g/mol. The maximum atomic E-state index is 13.2. The van der Waals surface area contributed by atoms with E-state index in [1.807, 2.05) is 0 Å². The summed E-state index contributed by atoms with van der Waals surface area (Å²) in [5.41, 5.74) is 12.2. The van der Waals surface area contributed by atoms with Crippen molar-refractivity contribution in [3.63, 3.8) is 0 Å². The molecule has 2 rings (SSSR count). The molecule has 0 bridgehead atoms. The third-order valence-electron chi connectivity index (χ3n) is 2.78. The summed E-state index contributed by atoms with van der Waals surface area (Å²) < 4.78 is 43.7. The van der Waals surface area contributed by atoms with Crippen molar-refractivity contribution in [2.75, 3.05) is 17.7 Å². The van der Waals surface area contributed by atoms with E-state index >= 15 is 0 Å². The highest BCUT2D eigenvalue weighted by molar-refractivity contribution is 5.49. The quantitative estimate of drug-likeness (QED) is 0.669. The number of nitrogen functional groups attached to an aromatic ring is 1. The molecular formula is C14H13F3N6O. The Kier molecular flexibility index (Phi) is 5.66. The number of nitrogens with one attached hydrogen (secondary N) is 2. The van der Waals surface area contributed by atoms with E-state index in [2.05, 4.69) is 20.4 Å². The van der Waals surface area contributed by atoms with Gasteiger partial charge in [-0.15, -0.1) is 0 Å². The highest BCUT2D eigenvalue weighted by atomic mass is 19.3. The van der Waals surface area contributed by atoms with Crippen LogP contribution in [0.2, 0.25) is 0 Å². The van der Waals surface area contributed by atoms with Gasteiger partial charge in [0.05, 0.1) is 5.56 Å². The number of aromatic nitrogens is 2. The van der Waals surface area contributed by atoms with Gasteiger partial charge >= 0.3 is 6.01 Å². The second-order valence-electron chi connectivity index (χ2n) is 4.48. The molecule has 1 aromatic carbocycles. The first-order valence-corrected chi connectivity index (χ1v) is 6.61. The molecule has 1 heterocycles. The number of nitrogens with two attached hydrogens (primary N) is 1. The van der Waals surface area contributed by atoms with Gasteiger partial charge in [0.1, 0.15) is 23.9 Å². The Balaban J connectivity index is 2.03. The Morgan fingerprint density at radius 3 is 2.88 bits per heavy atom. The number of benzene rings is 1. The maximum absolute atomic E-state index is 13.2. The lowest BCUT2D eigenvalue weighted by Crippen LogP contribution is -2.05. The summed E-state index contributed by atoms with van der Waals surface area (Å²) in [7, 11) is 0. The van der Waals surface area contributed by atoms with E-state index in [9.17, 15) is 13.2 Å². The van der Waals surface area contributed by atoms with E-state index in [1.54, 1.807) is 0 Å². The molecule has 0 amide bonds. The highest BCUT2D eigenvalue weighted by Crippen LogP contribution is 2.25. The first kappa shape index (κ1) is 17.2. The third-order valence-corrected chi connectivity index (χ3v) is 2.78.